The van der Waals surface area contributed by atoms with Crippen molar-refractivity contribution >= 4 is 17.7 Å². The van der Waals surface area contributed by atoms with Crippen molar-refractivity contribution in [1.82, 2.24) is 5.32 Å². The number of thioether (sulfide) groups is 1. The summed E-state index contributed by atoms with van der Waals surface area (Å²) >= 11 is 1.59. The number of carbonyl (C=O) groups is 1. The molecule has 0 heterocycles. The molecular weight excluding hydrogens is 254 g/mol. The van der Waals surface area contributed by atoms with E-state index < -0.39 is 0 Å². The van der Waals surface area contributed by atoms with Gasteiger partial charge in [-0.15, -0.1) is 11.8 Å². The summed E-state index contributed by atoms with van der Waals surface area (Å²) in [4.78, 5) is 12.9. The molecule has 106 valence electrons. The second-order valence-corrected chi connectivity index (χ2v) is 6.44. The number of hydrogen-bond acceptors (Lipinski definition) is 2. The van der Waals surface area contributed by atoms with E-state index in [9.17, 15) is 4.79 Å². The first kappa shape index (κ1) is 16.1. The smallest absolute Gasteiger partial charge is 0.230 e. The van der Waals surface area contributed by atoms with E-state index in [1.807, 2.05) is 30.3 Å². The molecule has 3 heteroatoms. The summed E-state index contributed by atoms with van der Waals surface area (Å²) in [5, 5.41) is 3.06. The first-order chi connectivity index (χ1) is 9.08. The molecule has 0 saturated carbocycles. The molecule has 0 aliphatic heterocycles. The molecule has 19 heavy (non-hydrogen) atoms. The number of hydrogen-bond donors (Lipinski definition) is 1. The highest BCUT2D eigenvalue weighted by molar-refractivity contribution is 8.00. The Bertz CT molecular complexity index is 364. The third-order valence-electron chi connectivity index (χ3n) is 2.94. The summed E-state index contributed by atoms with van der Waals surface area (Å²) < 4.78 is 0. The quantitative estimate of drug-likeness (QED) is 0.726. The van der Waals surface area contributed by atoms with Crippen molar-refractivity contribution in [3.63, 3.8) is 0 Å². The highest BCUT2D eigenvalue weighted by Gasteiger charge is 2.08. The Morgan fingerprint density at radius 3 is 2.47 bits per heavy atom. The molecule has 0 aliphatic carbocycles. The molecule has 0 bridgehead atoms. The van der Waals surface area contributed by atoms with Gasteiger partial charge in [-0.25, -0.2) is 0 Å². The van der Waals surface area contributed by atoms with Crippen molar-refractivity contribution in [1.29, 1.82) is 0 Å². The fourth-order valence-electron chi connectivity index (χ4n) is 1.89. The van der Waals surface area contributed by atoms with Gasteiger partial charge in [-0.3, -0.25) is 4.79 Å². The Balaban J connectivity index is 2.16. The summed E-state index contributed by atoms with van der Waals surface area (Å²) in [6, 6.07) is 10.3. The molecule has 1 atom stereocenters. The zero-order valence-electron chi connectivity index (χ0n) is 12.2. The lowest BCUT2D eigenvalue weighted by atomic mass is 10.0. The number of amides is 1. The van der Waals surface area contributed by atoms with E-state index in [1.165, 1.54) is 12.8 Å². The van der Waals surface area contributed by atoms with Gasteiger partial charge in [-0.1, -0.05) is 44.9 Å². The highest BCUT2D eigenvalue weighted by Crippen LogP contribution is 2.16. The molecular formula is C16H25NOS. The van der Waals surface area contributed by atoms with Gasteiger partial charge in [0.1, 0.15) is 0 Å². The molecule has 1 rings (SSSR count). The van der Waals surface area contributed by atoms with Crippen LogP contribution in [0.15, 0.2) is 35.2 Å². The molecule has 1 amide bonds. The van der Waals surface area contributed by atoms with Crippen LogP contribution in [0, 0.1) is 5.92 Å². The van der Waals surface area contributed by atoms with Gasteiger partial charge in [0, 0.05) is 10.9 Å². The Hall–Kier alpha value is -0.960. The monoisotopic (exact) mass is 279 g/mol. The SMILES string of the molecule is CC(C)CCC[C@@H](C)NC(=O)CSc1ccccc1. The molecule has 0 aliphatic rings. The number of nitrogens with one attached hydrogen (secondary N) is 1. The van der Waals surface area contributed by atoms with Crippen LogP contribution in [0.25, 0.3) is 0 Å². The van der Waals surface area contributed by atoms with E-state index in [0.717, 1.165) is 17.2 Å². The fourth-order valence-corrected chi connectivity index (χ4v) is 2.62. The van der Waals surface area contributed by atoms with Crippen LogP contribution in [-0.4, -0.2) is 17.7 Å². The normalized spacial score (nSPS) is 12.4. The van der Waals surface area contributed by atoms with Crippen molar-refractivity contribution in [3.8, 4) is 0 Å². The Morgan fingerprint density at radius 2 is 1.84 bits per heavy atom. The zero-order valence-corrected chi connectivity index (χ0v) is 13.0. The molecule has 0 saturated heterocycles. The maximum absolute atomic E-state index is 11.8. The van der Waals surface area contributed by atoms with E-state index in [-0.39, 0.29) is 11.9 Å². The van der Waals surface area contributed by atoms with Gasteiger partial charge in [0.25, 0.3) is 0 Å². The predicted molar refractivity (Wildman–Crippen MR) is 83.5 cm³/mol. The summed E-state index contributed by atoms with van der Waals surface area (Å²) in [6.45, 7) is 6.56. The van der Waals surface area contributed by atoms with Gasteiger partial charge in [-0.2, -0.15) is 0 Å². The van der Waals surface area contributed by atoms with Gasteiger partial charge in [0.15, 0.2) is 0 Å². The number of benzene rings is 1. The van der Waals surface area contributed by atoms with E-state index in [0.29, 0.717) is 5.75 Å². The van der Waals surface area contributed by atoms with Crippen LogP contribution in [0.3, 0.4) is 0 Å². The Kier molecular flexibility index (Phi) is 7.65. The molecule has 0 spiro atoms. The predicted octanol–water partition coefficient (Wildman–Crippen LogP) is 4.11. The Morgan fingerprint density at radius 1 is 1.16 bits per heavy atom. The maximum atomic E-state index is 11.8. The standard InChI is InChI=1S/C16H25NOS/c1-13(2)8-7-9-14(3)17-16(18)12-19-15-10-5-4-6-11-15/h4-6,10-11,13-14H,7-9,12H2,1-3H3,(H,17,18)/t14-/m1/s1. The fraction of sp³-hybridized carbons (Fsp3) is 0.562. The molecule has 0 radical (unpaired) electrons. The van der Waals surface area contributed by atoms with Gasteiger partial charge >= 0.3 is 0 Å². The van der Waals surface area contributed by atoms with E-state index in [2.05, 4.69) is 26.1 Å². The van der Waals surface area contributed by atoms with Crippen LogP contribution in [0.4, 0.5) is 0 Å². The average molecular weight is 279 g/mol. The van der Waals surface area contributed by atoms with Crippen LogP contribution in [-0.2, 0) is 4.79 Å². The highest BCUT2D eigenvalue weighted by atomic mass is 32.2. The van der Waals surface area contributed by atoms with E-state index in [4.69, 9.17) is 0 Å². The van der Waals surface area contributed by atoms with Crippen molar-refractivity contribution in [2.45, 2.75) is 51.0 Å². The molecule has 0 fully saturated rings. The lowest BCUT2D eigenvalue weighted by Gasteiger charge is -2.14. The van der Waals surface area contributed by atoms with E-state index >= 15 is 0 Å². The number of carbonyl (C=O) groups excluding carboxylic acids is 1. The average Bonchev–Trinajstić information content (AvgIpc) is 2.37. The first-order valence-corrected chi connectivity index (χ1v) is 8.03. The molecule has 1 N–H and O–H groups in total. The minimum Gasteiger partial charge on any atom is -0.353 e. The van der Waals surface area contributed by atoms with Crippen LogP contribution < -0.4 is 5.32 Å². The van der Waals surface area contributed by atoms with Crippen molar-refractivity contribution < 1.29 is 4.79 Å². The van der Waals surface area contributed by atoms with Crippen molar-refractivity contribution in [2.24, 2.45) is 5.92 Å². The summed E-state index contributed by atoms with van der Waals surface area (Å²) in [5.74, 6) is 1.38. The molecule has 0 aromatic heterocycles. The molecule has 1 aromatic carbocycles. The lowest BCUT2D eigenvalue weighted by Crippen LogP contribution is -2.33. The first-order valence-electron chi connectivity index (χ1n) is 7.05. The van der Waals surface area contributed by atoms with Gasteiger partial charge in [-0.05, 0) is 31.4 Å². The van der Waals surface area contributed by atoms with Crippen LogP contribution >= 0.6 is 11.8 Å². The van der Waals surface area contributed by atoms with Crippen LogP contribution in [0.2, 0.25) is 0 Å². The van der Waals surface area contributed by atoms with Crippen molar-refractivity contribution in [2.75, 3.05) is 5.75 Å². The topological polar surface area (TPSA) is 29.1 Å². The third-order valence-corrected chi connectivity index (χ3v) is 3.95. The molecule has 2 nitrogen and oxygen atoms in total. The third kappa shape index (κ3) is 7.93. The van der Waals surface area contributed by atoms with Crippen LogP contribution in [0.1, 0.15) is 40.0 Å². The second-order valence-electron chi connectivity index (χ2n) is 5.40. The summed E-state index contributed by atoms with van der Waals surface area (Å²) in [5.41, 5.74) is 0. The van der Waals surface area contributed by atoms with E-state index in [1.54, 1.807) is 11.8 Å². The van der Waals surface area contributed by atoms with Crippen molar-refractivity contribution in [3.05, 3.63) is 30.3 Å². The molecule has 0 unspecified atom stereocenters. The second kappa shape index (κ2) is 9.03. The summed E-state index contributed by atoms with van der Waals surface area (Å²) in [7, 11) is 0. The van der Waals surface area contributed by atoms with Gasteiger partial charge in [0.05, 0.1) is 5.75 Å². The van der Waals surface area contributed by atoms with Gasteiger partial charge < -0.3 is 5.32 Å². The largest absolute Gasteiger partial charge is 0.353 e. The maximum Gasteiger partial charge on any atom is 0.230 e. The minimum absolute atomic E-state index is 0.130. The number of rotatable bonds is 8. The lowest BCUT2D eigenvalue weighted by molar-refractivity contribution is -0.119. The Labute approximate surface area is 121 Å². The zero-order chi connectivity index (χ0) is 14.1. The summed E-state index contributed by atoms with van der Waals surface area (Å²) in [6.07, 6.45) is 3.49. The van der Waals surface area contributed by atoms with Gasteiger partial charge in [0.2, 0.25) is 5.91 Å². The van der Waals surface area contributed by atoms with Crippen LogP contribution in [0.5, 0.6) is 0 Å². The molecule has 1 aromatic rings. The minimum atomic E-state index is 0.130.